The highest BCUT2D eigenvalue weighted by molar-refractivity contribution is 5.69. The monoisotopic (exact) mass is 258 g/mol. The van der Waals surface area contributed by atoms with Gasteiger partial charge in [0.1, 0.15) is 5.60 Å². The quantitative estimate of drug-likeness (QED) is 0.584. The zero-order valence-electron chi connectivity index (χ0n) is 13.0. The van der Waals surface area contributed by atoms with Gasteiger partial charge in [0.15, 0.2) is 0 Å². The Labute approximate surface area is 112 Å². The second kappa shape index (κ2) is 7.78. The lowest BCUT2D eigenvalue weighted by Gasteiger charge is -2.27. The molecule has 0 aromatic heterocycles. The molecule has 0 aliphatic carbocycles. The number of hydrogen-bond donors (Lipinski definition) is 0. The van der Waals surface area contributed by atoms with Crippen molar-refractivity contribution in [2.45, 2.75) is 84.3 Å². The molecule has 0 aliphatic heterocycles. The summed E-state index contributed by atoms with van der Waals surface area (Å²) >= 11 is 0. The van der Waals surface area contributed by atoms with Crippen LogP contribution in [0.5, 0.6) is 0 Å². The summed E-state index contributed by atoms with van der Waals surface area (Å²) in [5.41, 5.74) is -0.444. The Kier molecular flexibility index (Phi) is 7.53. The van der Waals surface area contributed by atoms with Crippen molar-refractivity contribution in [3.05, 3.63) is 0 Å². The molecule has 0 aliphatic rings. The van der Waals surface area contributed by atoms with Crippen molar-refractivity contribution in [1.82, 2.24) is 0 Å². The maximum atomic E-state index is 11.7. The van der Waals surface area contributed by atoms with Gasteiger partial charge in [-0.1, -0.05) is 20.3 Å². The van der Waals surface area contributed by atoms with E-state index in [0.717, 1.165) is 32.1 Å². The molecule has 0 N–H and O–H groups in total. The number of hydrogen-bond acceptors (Lipinski definition) is 3. The Morgan fingerprint density at radius 2 is 1.72 bits per heavy atom. The van der Waals surface area contributed by atoms with Crippen LogP contribution in [0.4, 0.5) is 0 Å². The fourth-order valence-corrected chi connectivity index (χ4v) is 2.04. The smallest absolute Gasteiger partial charge is 0.306 e. The standard InChI is InChI=1S/C15H30O3/c1-7-11-14(3,4)18-13(16)10-9-12-15(5,8-2)17-6/h7-12H2,1-6H3. The van der Waals surface area contributed by atoms with Gasteiger partial charge in [-0.2, -0.15) is 0 Å². The van der Waals surface area contributed by atoms with Crippen molar-refractivity contribution in [2.75, 3.05) is 7.11 Å². The van der Waals surface area contributed by atoms with Crippen molar-refractivity contribution in [3.63, 3.8) is 0 Å². The van der Waals surface area contributed by atoms with E-state index in [4.69, 9.17) is 9.47 Å². The number of carbonyl (C=O) groups excluding carboxylic acids is 1. The molecule has 0 fully saturated rings. The van der Waals surface area contributed by atoms with Crippen LogP contribution in [0.3, 0.4) is 0 Å². The predicted octanol–water partition coefficient (Wildman–Crippen LogP) is 4.09. The molecule has 1 atom stereocenters. The number of esters is 1. The minimum atomic E-state index is -0.332. The Morgan fingerprint density at radius 1 is 1.11 bits per heavy atom. The highest BCUT2D eigenvalue weighted by atomic mass is 16.6. The maximum Gasteiger partial charge on any atom is 0.306 e. The molecule has 0 radical (unpaired) electrons. The van der Waals surface area contributed by atoms with Gasteiger partial charge in [-0.15, -0.1) is 0 Å². The molecule has 18 heavy (non-hydrogen) atoms. The minimum Gasteiger partial charge on any atom is -0.460 e. The van der Waals surface area contributed by atoms with Gasteiger partial charge in [-0.3, -0.25) is 4.79 Å². The largest absolute Gasteiger partial charge is 0.460 e. The summed E-state index contributed by atoms with van der Waals surface area (Å²) in [7, 11) is 1.73. The molecular weight excluding hydrogens is 228 g/mol. The van der Waals surface area contributed by atoms with Crippen LogP contribution >= 0.6 is 0 Å². The summed E-state index contributed by atoms with van der Waals surface area (Å²) in [4.78, 5) is 11.7. The molecule has 0 spiro atoms. The molecule has 3 heteroatoms. The zero-order chi connectivity index (χ0) is 14.2. The van der Waals surface area contributed by atoms with E-state index in [-0.39, 0.29) is 17.2 Å². The Balaban J connectivity index is 3.98. The zero-order valence-corrected chi connectivity index (χ0v) is 13.0. The summed E-state index contributed by atoms with van der Waals surface area (Å²) < 4.78 is 10.9. The fraction of sp³-hybridized carbons (Fsp3) is 0.933. The van der Waals surface area contributed by atoms with Gasteiger partial charge in [0.05, 0.1) is 5.60 Å². The van der Waals surface area contributed by atoms with Crippen molar-refractivity contribution in [1.29, 1.82) is 0 Å². The summed E-state index contributed by atoms with van der Waals surface area (Å²) in [5.74, 6) is -0.0944. The van der Waals surface area contributed by atoms with Crippen LogP contribution in [0.25, 0.3) is 0 Å². The van der Waals surface area contributed by atoms with Crippen LogP contribution in [-0.2, 0) is 14.3 Å². The van der Waals surface area contributed by atoms with Gasteiger partial charge in [0, 0.05) is 13.5 Å². The van der Waals surface area contributed by atoms with Gasteiger partial charge in [0.25, 0.3) is 0 Å². The third-order valence-electron chi connectivity index (χ3n) is 3.57. The highest BCUT2D eigenvalue weighted by Gasteiger charge is 2.24. The molecule has 0 heterocycles. The molecule has 3 nitrogen and oxygen atoms in total. The van der Waals surface area contributed by atoms with Gasteiger partial charge in [0.2, 0.25) is 0 Å². The summed E-state index contributed by atoms with van der Waals surface area (Å²) in [5, 5.41) is 0. The van der Waals surface area contributed by atoms with E-state index in [2.05, 4.69) is 20.8 Å². The SMILES string of the molecule is CCCC(C)(C)OC(=O)CCCC(C)(CC)OC. The minimum absolute atomic E-state index is 0.0944. The molecule has 0 aromatic rings. The molecule has 0 aromatic carbocycles. The third kappa shape index (κ3) is 7.00. The normalized spacial score (nSPS) is 15.2. The summed E-state index contributed by atoms with van der Waals surface area (Å²) in [6, 6.07) is 0. The summed E-state index contributed by atoms with van der Waals surface area (Å²) in [6.07, 6.45) is 5.08. The first-order chi connectivity index (χ1) is 8.28. The molecule has 0 bridgehead atoms. The van der Waals surface area contributed by atoms with Crippen LogP contribution in [0, 0.1) is 0 Å². The molecule has 0 amide bonds. The number of carbonyl (C=O) groups is 1. The third-order valence-corrected chi connectivity index (χ3v) is 3.57. The van der Waals surface area contributed by atoms with Gasteiger partial charge in [-0.25, -0.2) is 0 Å². The van der Waals surface area contributed by atoms with Crippen molar-refractivity contribution >= 4 is 5.97 Å². The predicted molar refractivity (Wildman–Crippen MR) is 74.6 cm³/mol. The molecule has 0 rings (SSSR count). The second-order valence-corrected chi connectivity index (χ2v) is 5.84. The van der Waals surface area contributed by atoms with Crippen LogP contribution in [0.2, 0.25) is 0 Å². The van der Waals surface area contributed by atoms with Crippen molar-refractivity contribution in [2.24, 2.45) is 0 Å². The molecule has 108 valence electrons. The maximum absolute atomic E-state index is 11.7. The Hall–Kier alpha value is -0.570. The van der Waals surface area contributed by atoms with E-state index in [0.29, 0.717) is 6.42 Å². The lowest BCUT2D eigenvalue weighted by molar-refractivity contribution is -0.157. The van der Waals surface area contributed by atoms with E-state index >= 15 is 0 Å². The lowest BCUT2D eigenvalue weighted by Crippen LogP contribution is -2.29. The average molecular weight is 258 g/mol. The van der Waals surface area contributed by atoms with E-state index in [1.54, 1.807) is 7.11 Å². The Morgan fingerprint density at radius 3 is 2.17 bits per heavy atom. The number of methoxy groups -OCH3 is 1. The molecular formula is C15H30O3. The van der Waals surface area contributed by atoms with Gasteiger partial charge >= 0.3 is 5.97 Å². The molecule has 0 saturated heterocycles. The lowest BCUT2D eigenvalue weighted by atomic mass is 9.96. The number of ether oxygens (including phenoxy) is 2. The number of rotatable bonds is 9. The second-order valence-electron chi connectivity index (χ2n) is 5.84. The van der Waals surface area contributed by atoms with Crippen LogP contribution < -0.4 is 0 Å². The molecule has 0 saturated carbocycles. The van der Waals surface area contributed by atoms with Crippen LogP contribution in [0.15, 0.2) is 0 Å². The average Bonchev–Trinajstić information content (AvgIpc) is 2.27. The van der Waals surface area contributed by atoms with E-state index in [1.165, 1.54) is 0 Å². The first-order valence-corrected chi connectivity index (χ1v) is 7.05. The summed E-state index contributed by atoms with van der Waals surface area (Å²) in [6.45, 7) is 10.2. The Bertz CT molecular complexity index is 242. The van der Waals surface area contributed by atoms with E-state index < -0.39 is 0 Å². The van der Waals surface area contributed by atoms with E-state index in [9.17, 15) is 4.79 Å². The highest BCUT2D eigenvalue weighted by Crippen LogP contribution is 2.23. The van der Waals surface area contributed by atoms with Crippen molar-refractivity contribution in [3.8, 4) is 0 Å². The first-order valence-electron chi connectivity index (χ1n) is 7.05. The first kappa shape index (κ1) is 17.4. The fourth-order valence-electron chi connectivity index (χ4n) is 2.04. The van der Waals surface area contributed by atoms with Crippen molar-refractivity contribution < 1.29 is 14.3 Å². The van der Waals surface area contributed by atoms with E-state index in [1.807, 2.05) is 13.8 Å². The topological polar surface area (TPSA) is 35.5 Å². The van der Waals surface area contributed by atoms with Crippen LogP contribution in [-0.4, -0.2) is 24.3 Å². The van der Waals surface area contributed by atoms with Crippen LogP contribution in [0.1, 0.15) is 73.1 Å². The van der Waals surface area contributed by atoms with Gasteiger partial charge < -0.3 is 9.47 Å². The molecule has 1 unspecified atom stereocenters. The van der Waals surface area contributed by atoms with Gasteiger partial charge in [-0.05, 0) is 46.5 Å².